The summed E-state index contributed by atoms with van der Waals surface area (Å²) in [7, 11) is 0. The second kappa shape index (κ2) is 6.91. The van der Waals surface area contributed by atoms with Gasteiger partial charge in [-0.05, 0) is 0 Å². The van der Waals surface area contributed by atoms with E-state index in [-0.39, 0.29) is 11.5 Å². The van der Waals surface area contributed by atoms with Crippen LogP contribution in [0.15, 0.2) is 4.79 Å². The number of halogens is 1. The van der Waals surface area contributed by atoms with E-state index in [0.29, 0.717) is 43.4 Å². The van der Waals surface area contributed by atoms with Gasteiger partial charge in [0, 0.05) is 39.1 Å². The van der Waals surface area contributed by atoms with Crippen LogP contribution in [0.25, 0.3) is 0 Å². The molecule has 10 heteroatoms. The topological polar surface area (TPSA) is 100 Å². The van der Waals surface area contributed by atoms with Crippen LogP contribution in [0, 0.1) is 0 Å². The summed E-state index contributed by atoms with van der Waals surface area (Å²) in [6.45, 7) is 5.13. The maximum atomic E-state index is 12.1. The molecule has 0 saturated carbocycles. The Hall–Kier alpha value is -1.68. The molecule has 2 aliphatic rings. The van der Waals surface area contributed by atoms with Gasteiger partial charge < -0.3 is 15.4 Å². The Labute approximate surface area is 153 Å². The summed E-state index contributed by atoms with van der Waals surface area (Å²) in [6.07, 6.45) is 0.705. The van der Waals surface area contributed by atoms with Crippen LogP contribution in [-0.2, 0) is 24.2 Å². The lowest BCUT2D eigenvalue weighted by Crippen LogP contribution is -2.36. The third-order valence-electron chi connectivity index (χ3n) is 4.45. The first-order valence-corrected chi connectivity index (χ1v) is 9.37. The average Bonchev–Trinajstić information content (AvgIpc) is 2.97. The fourth-order valence-corrected chi connectivity index (χ4v) is 4.50. The lowest BCUT2D eigenvalue weighted by Gasteiger charge is -2.27. The fourth-order valence-electron chi connectivity index (χ4n) is 3.15. The maximum absolute atomic E-state index is 12.1. The Kier molecular flexibility index (Phi) is 4.63. The summed E-state index contributed by atoms with van der Waals surface area (Å²) >= 11 is 7.97. The van der Waals surface area contributed by atoms with E-state index in [1.807, 2.05) is 0 Å². The number of nitrogens with one attached hydrogen (secondary N) is 1. The molecule has 0 bridgehead atoms. The maximum Gasteiger partial charge on any atom is 0.257 e. The summed E-state index contributed by atoms with van der Waals surface area (Å²) in [4.78, 5) is 28.8. The molecule has 0 amide bonds. The number of rotatable bonds is 3. The average molecular weight is 383 g/mol. The first-order chi connectivity index (χ1) is 12.1. The molecule has 2 aromatic rings. The Morgan fingerprint density at radius 1 is 1.28 bits per heavy atom. The summed E-state index contributed by atoms with van der Waals surface area (Å²) in [5, 5.41) is 1.48. The van der Waals surface area contributed by atoms with Gasteiger partial charge in [0.05, 0.1) is 29.3 Å². The molecule has 3 N–H and O–H groups in total. The number of hydrogen-bond acceptors (Lipinski definition) is 8. The molecule has 1 saturated heterocycles. The molecule has 134 valence electrons. The molecule has 0 radical (unpaired) electrons. The van der Waals surface area contributed by atoms with E-state index in [1.54, 1.807) is 11.3 Å². The number of anilines is 2. The predicted molar refractivity (Wildman–Crippen MR) is 97.2 cm³/mol. The molecular weight excluding hydrogens is 364 g/mol. The minimum atomic E-state index is -0.156. The van der Waals surface area contributed by atoms with E-state index in [2.05, 4.69) is 24.8 Å². The minimum absolute atomic E-state index is 0.156. The van der Waals surface area contributed by atoms with Crippen molar-refractivity contribution in [3.8, 4) is 0 Å². The van der Waals surface area contributed by atoms with Gasteiger partial charge in [0.1, 0.15) is 5.15 Å². The quantitative estimate of drug-likeness (QED) is 0.811. The van der Waals surface area contributed by atoms with Gasteiger partial charge in [-0.25, -0.2) is 9.97 Å². The summed E-state index contributed by atoms with van der Waals surface area (Å²) in [5.74, 6) is 0.179. The number of hydrogen-bond donors (Lipinski definition) is 2. The van der Waals surface area contributed by atoms with Crippen molar-refractivity contribution in [3.05, 3.63) is 31.6 Å². The lowest BCUT2D eigenvalue weighted by atomic mass is 10.1. The molecular formula is C15H19ClN6O2S. The highest BCUT2D eigenvalue weighted by Gasteiger charge is 2.24. The van der Waals surface area contributed by atoms with Gasteiger partial charge in [-0.3, -0.25) is 14.7 Å². The van der Waals surface area contributed by atoms with Crippen molar-refractivity contribution >= 4 is 34.0 Å². The smallest absolute Gasteiger partial charge is 0.257 e. The zero-order valence-electron chi connectivity index (χ0n) is 13.6. The third kappa shape index (κ3) is 3.50. The first-order valence-electron chi connectivity index (χ1n) is 8.18. The summed E-state index contributed by atoms with van der Waals surface area (Å²) < 4.78 is 5.38. The Balaban J connectivity index is 1.49. The molecule has 0 aromatic carbocycles. The molecule has 1 fully saturated rings. The molecule has 8 nitrogen and oxygen atoms in total. The molecule has 2 aromatic heterocycles. The van der Waals surface area contributed by atoms with Crippen LogP contribution in [0.3, 0.4) is 0 Å². The van der Waals surface area contributed by atoms with Gasteiger partial charge >= 0.3 is 0 Å². The number of ether oxygens (including phenoxy) is 1. The first kappa shape index (κ1) is 16.8. The molecule has 0 atom stereocenters. The molecule has 2 aliphatic heterocycles. The molecule has 4 rings (SSSR count). The largest absolute Gasteiger partial charge is 0.378 e. The standard InChI is InChI=1S/C15H19ClN6O2S/c16-12-11(25-15(19-12)22-3-5-24-6-4-22)8-21-2-1-10-9(7-21)13(23)20-14(17)18-10/h1-8H2,(H3,17,18,20,23). The Morgan fingerprint density at radius 2 is 2.08 bits per heavy atom. The molecule has 4 heterocycles. The van der Waals surface area contributed by atoms with Gasteiger partial charge in [0.25, 0.3) is 5.56 Å². The van der Waals surface area contributed by atoms with Crippen molar-refractivity contribution in [2.75, 3.05) is 43.5 Å². The van der Waals surface area contributed by atoms with Crippen molar-refractivity contribution in [3.63, 3.8) is 0 Å². The predicted octanol–water partition coefficient (Wildman–Crippen LogP) is 0.857. The number of H-pyrrole nitrogens is 1. The van der Waals surface area contributed by atoms with Crippen molar-refractivity contribution in [2.45, 2.75) is 19.5 Å². The summed E-state index contributed by atoms with van der Waals surface area (Å²) in [6, 6.07) is 0. The van der Waals surface area contributed by atoms with Crippen molar-refractivity contribution < 1.29 is 4.74 Å². The van der Waals surface area contributed by atoms with Crippen LogP contribution in [-0.4, -0.2) is 52.7 Å². The van der Waals surface area contributed by atoms with Crippen LogP contribution < -0.4 is 16.2 Å². The van der Waals surface area contributed by atoms with Gasteiger partial charge in [0.15, 0.2) is 5.13 Å². The minimum Gasteiger partial charge on any atom is -0.378 e. The number of nitrogens with zero attached hydrogens (tertiary/aromatic N) is 4. The van der Waals surface area contributed by atoms with Crippen molar-refractivity contribution in [1.82, 2.24) is 19.9 Å². The monoisotopic (exact) mass is 382 g/mol. The Bertz CT molecular complexity index is 832. The van der Waals surface area contributed by atoms with E-state index < -0.39 is 0 Å². The fraction of sp³-hybridized carbons (Fsp3) is 0.533. The molecule has 25 heavy (non-hydrogen) atoms. The summed E-state index contributed by atoms with van der Waals surface area (Å²) in [5.41, 5.74) is 6.94. The number of nitrogens with two attached hydrogens (primary N) is 1. The highest BCUT2D eigenvalue weighted by Crippen LogP contribution is 2.32. The van der Waals surface area contributed by atoms with Gasteiger partial charge in [-0.1, -0.05) is 22.9 Å². The normalized spacial score (nSPS) is 18.4. The zero-order chi connectivity index (χ0) is 17.4. The lowest BCUT2D eigenvalue weighted by molar-refractivity contribution is 0.122. The van der Waals surface area contributed by atoms with Gasteiger partial charge in [0.2, 0.25) is 5.95 Å². The van der Waals surface area contributed by atoms with E-state index >= 15 is 0 Å². The van der Waals surface area contributed by atoms with Crippen LogP contribution in [0.1, 0.15) is 16.1 Å². The number of nitrogen functional groups attached to an aromatic ring is 1. The molecule has 0 unspecified atom stereocenters. The number of morpholine rings is 1. The van der Waals surface area contributed by atoms with E-state index in [0.717, 1.165) is 35.3 Å². The highest BCUT2D eigenvalue weighted by atomic mass is 35.5. The SMILES string of the molecule is Nc1nc2c(c(=O)[nH]1)CN(Cc1sc(N3CCOCC3)nc1Cl)CC2. The highest BCUT2D eigenvalue weighted by molar-refractivity contribution is 7.16. The number of aromatic amines is 1. The van der Waals surface area contributed by atoms with E-state index in [4.69, 9.17) is 22.1 Å². The van der Waals surface area contributed by atoms with E-state index in [9.17, 15) is 4.79 Å². The van der Waals surface area contributed by atoms with Crippen molar-refractivity contribution in [2.24, 2.45) is 0 Å². The van der Waals surface area contributed by atoms with Gasteiger partial charge in [-0.15, -0.1) is 0 Å². The second-order valence-corrected chi connectivity index (χ2v) is 7.57. The van der Waals surface area contributed by atoms with Crippen LogP contribution >= 0.6 is 22.9 Å². The molecule has 0 spiro atoms. The van der Waals surface area contributed by atoms with Crippen LogP contribution in [0.2, 0.25) is 5.15 Å². The number of fused-ring (bicyclic) bond motifs is 1. The molecule has 0 aliphatic carbocycles. The Morgan fingerprint density at radius 3 is 2.88 bits per heavy atom. The number of thiazole rings is 1. The number of aromatic nitrogens is 3. The zero-order valence-corrected chi connectivity index (χ0v) is 15.2. The second-order valence-electron chi connectivity index (χ2n) is 6.15. The van der Waals surface area contributed by atoms with E-state index in [1.165, 1.54) is 0 Å². The van der Waals surface area contributed by atoms with Gasteiger partial charge in [-0.2, -0.15) is 0 Å². The van der Waals surface area contributed by atoms with Crippen molar-refractivity contribution in [1.29, 1.82) is 0 Å². The third-order valence-corrected chi connectivity index (χ3v) is 5.98. The van der Waals surface area contributed by atoms with Crippen LogP contribution in [0.4, 0.5) is 11.1 Å². The van der Waals surface area contributed by atoms with Crippen LogP contribution in [0.5, 0.6) is 0 Å².